The van der Waals surface area contributed by atoms with Crippen LogP contribution < -0.4 is 0 Å². The van der Waals surface area contributed by atoms with E-state index in [1.54, 1.807) is 25.6 Å². The van der Waals surface area contributed by atoms with Gasteiger partial charge in [-0.3, -0.25) is 0 Å². The second-order valence-electron chi connectivity index (χ2n) is 4.39. The Morgan fingerprint density at radius 3 is 2.57 bits per heavy atom. The van der Waals surface area contributed by atoms with Crippen LogP contribution in [0.3, 0.4) is 0 Å². The van der Waals surface area contributed by atoms with Crippen LogP contribution in [0.15, 0.2) is 0 Å². The third-order valence-corrected chi connectivity index (χ3v) is 3.72. The predicted octanol–water partition coefficient (Wildman–Crippen LogP) is 1.32. The lowest BCUT2D eigenvalue weighted by Gasteiger charge is -2.21. The molecule has 3 fully saturated rings. The summed E-state index contributed by atoms with van der Waals surface area (Å²) in [5, 5.41) is 0.311. The van der Waals surface area contributed by atoms with Gasteiger partial charge < -0.3 is 14.2 Å². The summed E-state index contributed by atoms with van der Waals surface area (Å²) in [6.07, 6.45) is -2.41. The van der Waals surface area contributed by atoms with Crippen molar-refractivity contribution < 1.29 is 18.6 Å². The molecule has 0 aromatic carbocycles. The first-order chi connectivity index (χ1) is 6.57. The van der Waals surface area contributed by atoms with Gasteiger partial charge in [-0.15, -0.1) is 0 Å². The molecule has 0 aliphatic carbocycles. The molecule has 3 rings (SSSR count). The first-order valence-corrected chi connectivity index (χ1v) is 5.88. The number of rotatable bonds is 1. The molecule has 80 valence electrons. The van der Waals surface area contributed by atoms with Gasteiger partial charge in [0.1, 0.15) is 12.2 Å². The average molecular weight is 220 g/mol. The molecular formula is C9H13FO3S. The predicted molar refractivity (Wildman–Crippen MR) is 49.8 cm³/mol. The van der Waals surface area contributed by atoms with Crippen LogP contribution in [0, 0.1) is 0 Å². The molecule has 0 aromatic heterocycles. The largest absolute Gasteiger partial charge is 0.342 e. The third kappa shape index (κ3) is 1.38. The molecule has 0 N–H and O–H groups in total. The van der Waals surface area contributed by atoms with Gasteiger partial charge >= 0.3 is 0 Å². The maximum Gasteiger partial charge on any atom is 0.190 e. The van der Waals surface area contributed by atoms with E-state index in [1.165, 1.54) is 0 Å². The van der Waals surface area contributed by atoms with E-state index in [0.717, 1.165) is 5.75 Å². The number of ether oxygens (including phenoxy) is 3. The van der Waals surface area contributed by atoms with E-state index in [-0.39, 0.29) is 6.10 Å². The van der Waals surface area contributed by atoms with Gasteiger partial charge in [-0.2, -0.15) is 11.8 Å². The summed E-state index contributed by atoms with van der Waals surface area (Å²) in [6.45, 7) is 3.56. The van der Waals surface area contributed by atoms with Crippen molar-refractivity contribution in [2.75, 3.05) is 5.75 Å². The van der Waals surface area contributed by atoms with Crippen molar-refractivity contribution in [3.8, 4) is 0 Å². The first-order valence-electron chi connectivity index (χ1n) is 4.84. The molecule has 0 aromatic rings. The Morgan fingerprint density at radius 1 is 1.29 bits per heavy atom. The van der Waals surface area contributed by atoms with Gasteiger partial charge in [0.25, 0.3) is 0 Å². The fourth-order valence-corrected chi connectivity index (χ4v) is 2.74. The number of hydrogen-bond acceptors (Lipinski definition) is 4. The SMILES string of the molecule is CC1(C)O[C@H]2O[C@H](C3CS3)[C@H](F)[C@H]2O1. The molecule has 3 nitrogen and oxygen atoms in total. The molecule has 3 saturated heterocycles. The van der Waals surface area contributed by atoms with Crippen LogP contribution in [-0.4, -0.2) is 41.5 Å². The van der Waals surface area contributed by atoms with Crippen molar-refractivity contribution in [2.24, 2.45) is 0 Å². The third-order valence-electron chi connectivity index (χ3n) is 2.73. The Hall–Kier alpha value is 0.160. The van der Waals surface area contributed by atoms with Crippen LogP contribution in [0.5, 0.6) is 0 Å². The maximum absolute atomic E-state index is 13.8. The molecule has 14 heavy (non-hydrogen) atoms. The summed E-state index contributed by atoms with van der Waals surface area (Å²) in [4.78, 5) is 0. The van der Waals surface area contributed by atoms with E-state index in [0.29, 0.717) is 5.25 Å². The Balaban J connectivity index is 1.74. The highest BCUT2D eigenvalue weighted by Gasteiger charge is 2.58. The lowest BCUT2D eigenvalue weighted by Crippen LogP contribution is -2.33. The second kappa shape index (κ2) is 2.84. The molecule has 3 aliphatic rings. The molecule has 0 radical (unpaired) electrons. The first kappa shape index (κ1) is 9.39. The minimum absolute atomic E-state index is 0.311. The zero-order valence-corrected chi connectivity index (χ0v) is 8.92. The van der Waals surface area contributed by atoms with E-state index in [9.17, 15) is 4.39 Å². The highest BCUT2D eigenvalue weighted by atomic mass is 32.2. The molecule has 5 atom stereocenters. The molecule has 5 heteroatoms. The van der Waals surface area contributed by atoms with Crippen molar-refractivity contribution in [2.45, 2.75) is 49.6 Å². The van der Waals surface area contributed by atoms with Crippen molar-refractivity contribution in [1.29, 1.82) is 0 Å². The smallest absolute Gasteiger partial charge is 0.190 e. The summed E-state index contributed by atoms with van der Waals surface area (Å²) in [7, 11) is 0. The number of hydrogen-bond donors (Lipinski definition) is 0. The van der Waals surface area contributed by atoms with Crippen LogP contribution in [0.25, 0.3) is 0 Å². The topological polar surface area (TPSA) is 27.7 Å². The van der Waals surface area contributed by atoms with Crippen molar-refractivity contribution >= 4 is 11.8 Å². The van der Waals surface area contributed by atoms with Crippen molar-refractivity contribution in [3.05, 3.63) is 0 Å². The summed E-state index contributed by atoms with van der Waals surface area (Å²) in [5.41, 5.74) is 0. The normalized spacial score (nSPS) is 54.6. The van der Waals surface area contributed by atoms with Crippen LogP contribution in [-0.2, 0) is 14.2 Å². The Kier molecular flexibility index (Phi) is 1.91. The molecule has 1 unspecified atom stereocenters. The van der Waals surface area contributed by atoms with Gasteiger partial charge in [0, 0.05) is 11.0 Å². The Morgan fingerprint density at radius 2 is 2.00 bits per heavy atom. The van der Waals surface area contributed by atoms with Crippen molar-refractivity contribution in [1.82, 2.24) is 0 Å². The minimum atomic E-state index is -1.04. The Labute approximate surface area is 86.3 Å². The van der Waals surface area contributed by atoms with Crippen LogP contribution in [0.2, 0.25) is 0 Å². The summed E-state index contributed by atoms with van der Waals surface area (Å²) in [6, 6.07) is 0. The molecule has 0 spiro atoms. The number of halogens is 1. The van der Waals surface area contributed by atoms with Gasteiger partial charge in [0.05, 0.1) is 0 Å². The molecular weight excluding hydrogens is 207 g/mol. The monoisotopic (exact) mass is 220 g/mol. The van der Waals surface area contributed by atoms with Gasteiger partial charge in [-0.1, -0.05) is 0 Å². The summed E-state index contributed by atoms with van der Waals surface area (Å²) >= 11 is 1.73. The van der Waals surface area contributed by atoms with Gasteiger partial charge in [-0.25, -0.2) is 4.39 Å². The zero-order chi connectivity index (χ0) is 9.92. The fraction of sp³-hybridized carbons (Fsp3) is 1.00. The molecule has 3 aliphatic heterocycles. The van der Waals surface area contributed by atoms with Crippen molar-refractivity contribution in [3.63, 3.8) is 0 Å². The Bertz CT molecular complexity index is 254. The molecule has 3 heterocycles. The highest BCUT2D eigenvalue weighted by Crippen LogP contribution is 2.46. The summed E-state index contributed by atoms with van der Waals surface area (Å²) < 4.78 is 30.3. The van der Waals surface area contributed by atoms with Crippen LogP contribution >= 0.6 is 11.8 Å². The van der Waals surface area contributed by atoms with E-state index < -0.39 is 24.4 Å². The van der Waals surface area contributed by atoms with Gasteiger partial charge in [0.2, 0.25) is 0 Å². The van der Waals surface area contributed by atoms with Gasteiger partial charge in [-0.05, 0) is 13.8 Å². The summed E-state index contributed by atoms with van der Waals surface area (Å²) in [5.74, 6) is 0.287. The minimum Gasteiger partial charge on any atom is -0.342 e. The van der Waals surface area contributed by atoms with Crippen LogP contribution in [0.4, 0.5) is 4.39 Å². The molecule has 0 saturated carbocycles. The lowest BCUT2D eigenvalue weighted by atomic mass is 10.1. The molecule has 0 bridgehead atoms. The van der Waals surface area contributed by atoms with E-state index in [2.05, 4.69) is 0 Å². The van der Waals surface area contributed by atoms with Crippen LogP contribution in [0.1, 0.15) is 13.8 Å². The number of fused-ring (bicyclic) bond motifs is 1. The number of alkyl halides is 1. The van der Waals surface area contributed by atoms with E-state index in [1.807, 2.05) is 0 Å². The molecule has 0 amide bonds. The van der Waals surface area contributed by atoms with Gasteiger partial charge in [0.15, 0.2) is 18.2 Å². The lowest BCUT2D eigenvalue weighted by molar-refractivity contribution is -0.209. The highest BCUT2D eigenvalue weighted by molar-refractivity contribution is 8.06. The quantitative estimate of drug-likeness (QED) is 0.623. The van der Waals surface area contributed by atoms with E-state index in [4.69, 9.17) is 14.2 Å². The average Bonchev–Trinajstić information content (AvgIpc) is 2.81. The maximum atomic E-state index is 13.8. The fourth-order valence-electron chi connectivity index (χ4n) is 2.03. The number of thioether (sulfide) groups is 1. The zero-order valence-electron chi connectivity index (χ0n) is 8.10. The second-order valence-corrected chi connectivity index (χ2v) is 5.66. The van der Waals surface area contributed by atoms with E-state index >= 15 is 0 Å². The standard InChI is InChI=1S/C9H13FO3S/c1-9(2)12-7-5(10)6(4-3-14-4)11-8(7)13-9/h4-8H,3H2,1-2H3/t4?,5-,6+,7+,8+/m0/s1.